The molecule has 3 rings (SSSR count). The van der Waals surface area contributed by atoms with Crippen LogP contribution in [0.25, 0.3) is 0 Å². The van der Waals surface area contributed by atoms with Crippen LogP contribution in [0.5, 0.6) is 5.75 Å². The van der Waals surface area contributed by atoms with Crippen LogP contribution in [0.1, 0.15) is 34.5 Å². The summed E-state index contributed by atoms with van der Waals surface area (Å²) in [7, 11) is 0. The number of hydrogen-bond acceptors (Lipinski definition) is 5. The van der Waals surface area contributed by atoms with Crippen LogP contribution in [0.15, 0.2) is 36.5 Å². The molecule has 1 aliphatic rings. The van der Waals surface area contributed by atoms with E-state index in [1.165, 1.54) is 18.3 Å². The van der Waals surface area contributed by atoms with E-state index in [0.717, 1.165) is 12.1 Å². The molecule has 1 aliphatic heterocycles. The van der Waals surface area contributed by atoms with Crippen molar-refractivity contribution < 1.29 is 22.7 Å². The molecule has 27 heavy (non-hydrogen) atoms. The Labute approximate surface area is 153 Å². The maximum atomic E-state index is 13.0. The zero-order valence-corrected chi connectivity index (χ0v) is 14.1. The smallest absolute Gasteiger partial charge is 0.417 e. The lowest BCUT2D eigenvalue weighted by atomic mass is 10.1. The molecular weight excluding hydrogens is 361 g/mol. The number of nitrogens with zero attached hydrogens (tertiary/aromatic N) is 4. The highest BCUT2D eigenvalue weighted by molar-refractivity contribution is 5.92. The van der Waals surface area contributed by atoms with Gasteiger partial charge in [-0.1, -0.05) is 0 Å². The lowest BCUT2D eigenvalue weighted by Crippen LogP contribution is -2.42. The minimum absolute atomic E-state index is 0.0556. The normalized spacial score (nSPS) is 15.3. The minimum atomic E-state index is -4.63. The molecule has 1 aromatic carbocycles. The van der Waals surface area contributed by atoms with Gasteiger partial charge in [0.25, 0.3) is 5.91 Å². The summed E-state index contributed by atoms with van der Waals surface area (Å²) >= 11 is 0. The van der Waals surface area contributed by atoms with Gasteiger partial charge in [-0.2, -0.15) is 23.5 Å². The number of hydrogen-bond donors (Lipinski definition) is 0. The van der Waals surface area contributed by atoms with E-state index in [9.17, 15) is 18.0 Å². The van der Waals surface area contributed by atoms with Crippen LogP contribution in [-0.4, -0.2) is 40.2 Å². The number of ether oxygens (including phenoxy) is 1. The quantitative estimate of drug-likeness (QED) is 0.823. The first-order chi connectivity index (χ1) is 12.9. The Balaban J connectivity index is 1.63. The number of carbonyl (C=O) groups excluding carboxylic acids is 1. The fraction of sp³-hybridized carbons (Fsp3) is 0.333. The molecule has 0 unspecified atom stereocenters. The largest absolute Gasteiger partial charge is 0.490 e. The topological polar surface area (TPSA) is 79.1 Å². The summed E-state index contributed by atoms with van der Waals surface area (Å²) in [4.78, 5) is 13.9. The Morgan fingerprint density at radius 2 is 2.00 bits per heavy atom. The summed E-state index contributed by atoms with van der Waals surface area (Å²) in [6, 6.07) is 8.03. The second-order valence-electron chi connectivity index (χ2n) is 6.04. The Hall–Kier alpha value is -3.15. The van der Waals surface area contributed by atoms with Gasteiger partial charge in [0.2, 0.25) is 0 Å². The van der Waals surface area contributed by atoms with E-state index in [0.29, 0.717) is 25.9 Å². The zero-order chi connectivity index (χ0) is 19.4. The third-order valence-corrected chi connectivity index (χ3v) is 4.24. The molecule has 6 nitrogen and oxygen atoms in total. The van der Waals surface area contributed by atoms with Gasteiger partial charge in [-0.25, -0.2) is 0 Å². The van der Waals surface area contributed by atoms with Crippen molar-refractivity contribution in [3.8, 4) is 11.8 Å². The number of benzene rings is 1. The average molecular weight is 376 g/mol. The number of halogens is 3. The maximum Gasteiger partial charge on any atom is 0.417 e. The van der Waals surface area contributed by atoms with Gasteiger partial charge in [-0.3, -0.25) is 4.79 Å². The first-order valence-electron chi connectivity index (χ1n) is 8.23. The summed E-state index contributed by atoms with van der Waals surface area (Å²) in [6.07, 6.45) is -2.51. The van der Waals surface area contributed by atoms with Crippen molar-refractivity contribution in [1.29, 1.82) is 5.26 Å². The van der Waals surface area contributed by atoms with Crippen LogP contribution in [-0.2, 0) is 6.18 Å². The number of aromatic nitrogens is 2. The van der Waals surface area contributed by atoms with Gasteiger partial charge in [0.05, 0.1) is 17.2 Å². The van der Waals surface area contributed by atoms with E-state index < -0.39 is 17.3 Å². The van der Waals surface area contributed by atoms with Crippen LogP contribution >= 0.6 is 0 Å². The van der Waals surface area contributed by atoms with E-state index in [1.54, 1.807) is 17.0 Å². The highest BCUT2D eigenvalue weighted by Gasteiger charge is 2.34. The van der Waals surface area contributed by atoms with Crippen LogP contribution in [0.2, 0.25) is 0 Å². The number of amides is 1. The van der Waals surface area contributed by atoms with Gasteiger partial charge in [-0.05, 0) is 30.3 Å². The molecule has 0 aliphatic carbocycles. The molecule has 1 amide bonds. The summed E-state index contributed by atoms with van der Waals surface area (Å²) in [6.45, 7) is 0.810. The lowest BCUT2D eigenvalue weighted by molar-refractivity contribution is -0.137. The molecule has 0 bridgehead atoms. The number of alkyl halides is 3. The van der Waals surface area contributed by atoms with Crippen LogP contribution in [0.3, 0.4) is 0 Å². The van der Waals surface area contributed by atoms with Gasteiger partial charge < -0.3 is 9.64 Å². The van der Waals surface area contributed by atoms with Crippen molar-refractivity contribution in [1.82, 2.24) is 15.1 Å². The van der Waals surface area contributed by atoms with E-state index in [2.05, 4.69) is 10.2 Å². The van der Waals surface area contributed by atoms with Crippen molar-refractivity contribution >= 4 is 5.91 Å². The van der Waals surface area contributed by atoms with Gasteiger partial charge >= 0.3 is 6.18 Å². The number of nitriles is 1. The Morgan fingerprint density at radius 3 is 2.59 bits per heavy atom. The molecule has 1 aromatic heterocycles. The molecule has 0 atom stereocenters. The third kappa shape index (κ3) is 4.34. The molecule has 0 saturated carbocycles. The van der Waals surface area contributed by atoms with E-state index in [4.69, 9.17) is 10.00 Å². The lowest BCUT2D eigenvalue weighted by Gasteiger charge is -2.32. The fourth-order valence-electron chi connectivity index (χ4n) is 2.88. The van der Waals surface area contributed by atoms with Crippen LogP contribution < -0.4 is 4.74 Å². The molecule has 2 aromatic rings. The zero-order valence-electron chi connectivity index (χ0n) is 14.1. The Kier molecular flexibility index (Phi) is 5.26. The summed E-state index contributed by atoms with van der Waals surface area (Å²) in [5.41, 5.74) is -1.21. The predicted octanol–water partition coefficient (Wildman–Crippen LogP) is 3.05. The van der Waals surface area contributed by atoms with E-state index in [1.807, 2.05) is 0 Å². The Morgan fingerprint density at radius 1 is 1.26 bits per heavy atom. The first-order valence-corrected chi connectivity index (χ1v) is 8.23. The van der Waals surface area contributed by atoms with Crippen molar-refractivity contribution in [2.24, 2.45) is 0 Å². The third-order valence-electron chi connectivity index (χ3n) is 4.24. The molecular formula is C18H15F3N4O2. The van der Waals surface area contributed by atoms with Crippen molar-refractivity contribution in [2.45, 2.75) is 25.1 Å². The van der Waals surface area contributed by atoms with Crippen LogP contribution in [0, 0.1) is 11.3 Å². The monoisotopic (exact) mass is 376 g/mol. The van der Waals surface area contributed by atoms with E-state index >= 15 is 0 Å². The summed E-state index contributed by atoms with van der Waals surface area (Å²) in [5, 5.41) is 16.3. The number of likely N-dealkylation sites (tertiary alicyclic amines) is 1. The minimum Gasteiger partial charge on any atom is -0.490 e. The molecule has 0 radical (unpaired) electrons. The highest BCUT2D eigenvalue weighted by atomic mass is 19.4. The summed E-state index contributed by atoms with van der Waals surface area (Å²) in [5.74, 6) is -0.181. The van der Waals surface area contributed by atoms with Crippen molar-refractivity contribution in [2.75, 3.05) is 13.1 Å². The fourth-order valence-corrected chi connectivity index (χ4v) is 2.88. The number of rotatable bonds is 3. The molecule has 1 saturated heterocycles. The molecule has 1 fully saturated rings. The van der Waals surface area contributed by atoms with Gasteiger partial charge in [0.15, 0.2) is 5.69 Å². The number of carbonyl (C=O) groups is 1. The highest BCUT2D eigenvalue weighted by Crippen LogP contribution is 2.34. The molecule has 0 spiro atoms. The number of piperidine rings is 1. The average Bonchev–Trinajstić information content (AvgIpc) is 2.68. The maximum absolute atomic E-state index is 13.0. The molecule has 9 heteroatoms. The second-order valence-corrected chi connectivity index (χ2v) is 6.04. The standard InChI is InChI=1S/C18H15F3N4O2/c19-18(20,21)15-10-14(4-3-12(15)11-22)27-13-5-8-25(9-6-13)17(26)16-2-1-7-23-24-16/h1-4,7,10,13H,5-6,8-9H2. The van der Waals surface area contributed by atoms with Crippen LogP contribution in [0.4, 0.5) is 13.2 Å². The first kappa shape index (κ1) is 18.6. The second kappa shape index (κ2) is 7.61. The SMILES string of the molecule is N#Cc1ccc(OC2CCN(C(=O)c3cccnn3)CC2)cc1C(F)(F)F. The van der Waals surface area contributed by atoms with Crippen molar-refractivity contribution in [3.63, 3.8) is 0 Å². The van der Waals surface area contributed by atoms with Gasteiger partial charge in [0, 0.05) is 32.1 Å². The van der Waals surface area contributed by atoms with E-state index in [-0.39, 0.29) is 23.5 Å². The molecule has 2 heterocycles. The van der Waals surface area contributed by atoms with Crippen molar-refractivity contribution in [3.05, 3.63) is 53.3 Å². The van der Waals surface area contributed by atoms with Gasteiger partial charge in [-0.15, -0.1) is 5.10 Å². The predicted molar refractivity (Wildman–Crippen MR) is 87.7 cm³/mol. The summed E-state index contributed by atoms with van der Waals surface area (Å²) < 4.78 is 44.7. The Bertz CT molecular complexity index is 857. The molecule has 140 valence electrons. The molecule has 0 N–H and O–H groups in total. The van der Waals surface area contributed by atoms with Gasteiger partial charge in [0.1, 0.15) is 11.9 Å².